The minimum atomic E-state index is -0.442. The van der Waals surface area contributed by atoms with Crippen LogP contribution in [0.5, 0.6) is 0 Å². The van der Waals surface area contributed by atoms with Gasteiger partial charge in [-0.05, 0) is 47.0 Å². The molecular weight excluding hydrogens is 330 g/mol. The summed E-state index contributed by atoms with van der Waals surface area (Å²) >= 11 is 3.35. The van der Waals surface area contributed by atoms with Gasteiger partial charge in [-0.15, -0.1) is 0 Å². The molecular formula is C14H13BrF2N2O. The molecule has 0 bridgehead atoms. The van der Waals surface area contributed by atoms with Gasteiger partial charge in [-0.3, -0.25) is 4.68 Å². The highest BCUT2D eigenvalue weighted by atomic mass is 79.9. The standard InChI is InChI=1S/C14H13BrF2N2O/c15-9-6-18-19(7-9)11-2-4-14(20-8-11)12-5-10(16)1-3-13(12)17/h1,3,5-7,11,14H,2,4,8H2/t11?,14-/m0/s1. The number of rotatable bonds is 2. The Hall–Kier alpha value is -1.27. The van der Waals surface area contributed by atoms with Gasteiger partial charge in [0.05, 0.1) is 29.4 Å². The highest BCUT2D eigenvalue weighted by Crippen LogP contribution is 2.34. The summed E-state index contributed by atoms with van der Waals surface area (Å²) in [4.78, 5) is 0. The summed E-state index contributed by atoms with van der Waals surface area (Å²) in [5, 5.41) is 4.22. The van der Waals surface area contributed by atoms with Gasteiger partial charge in [-0.25, -0.2) is 8.78 Å². The zero-order valence-corrected chi connectivity index (χ0v) is 12.2. The van der Waals surface area contributed by atoms with Crippen molar-refractivity contribution in [3.8, 4) is 0 Å². The zero-order chi connectivity index (χ0) is 14.1. The lowest BCUT2D eigenvalue weighted by atomic mass is 9.98. The van der Waals surface area contributed by atoms with Gasteiger partial charge in [-0.1, -0.05) is 0 Å². The second-order valence-electron chi connectivity index (χ2n) is 4.86. The van der Waals surface area contributed by atoms with Crippen LogP contribution in [0, 0.1) is 11.6 Å². The maximum atomic E-state index is 13.7. The van der Waals surface area contributed by atoms with Crippen LogP contribution in [0.15, 0.2) is 35.1 Å². The number of ether oxygens (including phenoxy) is 1. The van der Waals surface area contributed by atoms with E-state index >= 15 is 0 Å². The van der Waals surface area contributed by atoms with Gasteiger partial charge in [0.15, 0.2) is 0 Å². The fraction of sp³-hybridized carbons (Fsp3) is 0.357. The first-order chi connectivity index (χ1) is 9.63. The van der Waals surface area contributed by atoms with Gasteiger partial charge < -0.3 is 4.74 Å². The predicted molar refractivity (Wildman–Crippen MR) is 73.2 cm³/mol. The number of hydrogen-bond acceptors (Lipinski definition) is 2. The summed E-state index contributed by atoms with van der Waals surface area (Å²) in [5.41, 5.74) is 0.296. The van der Waals surface area contributed by atoms with Gasteiger partial charge in [0, 0.05) is 11.8 Å². The monoisotopic (exact) mass is 342 g/mol. The molecule has 106 valence electrons. The smallest absolute Gasteiger partial charge is 0.129 e. The normalized spacial score (nSPS) is 22.9. The Morgan fingerprint density at radius 1 is 1.30 bits per heavy atom. The third kappa shape index (κ3) is 2.76. The van der Waals surface area contributed by atoms with Crippen LogP contribution in [-0.4, -0.2) is 16.4 Å². The maximum absolute atomic E-state index is 13.7. The molecule has 0 amide bonds. The molecule has 2 heterocycles. The number of aromatic nitrogens is 2. The van der Waals surface area contributed by atoms with E-state index in [1.807, 2.05) is 10.9 Å². The molecule has 0 saturated carbocycles. The van der Waals surface area contributed by atoms with Crippen LogP contribution < -0.4 is 0 Å². The van der Waals surface area contributed by atoms with Crippen molar-refractivity contribution in [2.24, 2.45) is 0 Å². The Kier molecular flexibility index (Phi) is 3.85. The van der Waals surface area contributed by atoms with Gasteiger partial charge in [0.25, 0.3) is 0 Å². The van der Waals surface area contributed by atoms with E-state index in [4.69, 9.17) is 4.74 Å². The van der Waals surface area contributed by atoms with Gasteiger partial charge in [-0.2, -0.15) is 5.10 Å². The number of halogens is 3. The molecule has 0 spiro atoms. The summed E-state index contributed by atoms with van der Waals surface area (Å²) in [6, 6.07) is 3.61. The molecule has 2 aromatic rings. The van der Waals surface area contributed by atoms with Crippen LogP contribution in [0.2, 0.25) is 0 Å². The van der Waals surface area contributed by atoms with Gasteiger partial charge >= 0.3 is 0 Å². The van der Waals surface area contributed by atoms with E-state index in [-0.39, 0.29) is 12.1 Å². The van der Waals surface area contributed by atoms with Crippen LogP contribution in [-0.2, 0) is 4.74 Å². The van der Waals surface area contributed by atoms with Crippen molar-refractivity contribution >= 4 is 15.9 Å². The van der Waals surface area contributed by atoms with Crippen molar-refractivity contribution in [2.75, 3.05) is 6.61 Å². The minimum absolute atomic E-state index is 0.133. The molecule has 6 heteroatoms. The van der Waals surface area contributed by atoms with Gasteiger partial charge in [0.2, 0.25) is 0 Å². The lowest BCUT2D eigenvalue weighted by Crippen LogP contribution is -2.24. The summed E-state index contributed by atoms with van der Waals surface area (Å²) in [7, 11) is 0. The first kappa shape index (κ1) is 13.7. The molecule has 1 aromatic carbocycles. The molecule has 0 radical (unpaired) electrons. The minimum Gasteiger partial charge on any atom is -0.371 e. The highest BCUT2D eigenvalue weighted by molar-refractivity contribution is 9.10. The summed E-state index contributed by atoms with van der Waals surface area (Å²) in [6.45, 7) is 0.439. The van der Waals surface area contributed by atoms with E-state index in [0.717, 1.165) is 23.0 Å². The Balaban J connectivity index is 1.70. The van der Waals surface area contributed by atoms with Crippen LogP contribution in [0.3, 0.4) is 0 Å². The third-order valence-corrected chi connectivity index (χ3v) is 3.91. The second kappa shape index (κ2) is 5.61. The molecule has 1 aromatic heterocycles. The van der Waals surface area contributed by atoms with Crippen molar-refractivity contribution in [3.05, 3.63) is 52.3 Å². The third-order valence-electron chi connectivity index (χ3n) is 3.50. The van der Waals surface area contributed by atoms with Crippen LogP contribution in [0.1, 0.15) is 30.6 Å². The van der Waals surface area contributed by atoms with Gasteiger partial charge in [0.1, 0.15) is 11.6 Å². The maximum Gasteiger partial charge on any atom is 0.129 e. The van der Waals surface area contributed by atoms with Crippen molar-refractivity contribution < 1.29 is 13.5 Å². The van der Waals surface area contributed by atoms with E-state index in [1.54, 1.807) is 6.20 Å². The van der Waals surface area contributed by atoms with Crippen molar-refractivity contribution in [1.29, 1.82) is 0 Å². The van der Waals surface area contributed by atoms with Crippen molar-refractivity contribution in [1.82, 2.24) is 9.78 Å². The molecule has 1 aliphatic heterocycles. The number of nitrogens with zero attached hydrogens (tertiary/aromatic N) is 2. The molecule has 1 fully saturated rings. The molecule has 20 heavy (non-hydrogen) atoms. The highest BCUT2D eigenvalue weighted by Gasteiger charge is 2.26. The van der Waals surface area contributed by atoms with E-state index in [1.165, 1.54) is 6.07 Å². The Labute approximate surface area is 123 Å². The molecule has 3 nitrogen and oxygen atoms in total. The van der Waals surface area contributed by atoms with E-state index in [0.29, 0.717) is 18.6 Å². The van der Waals surface area contributed by atoms with E-state index < -0.39 is 11.6 Å². The Morgan fingerprint density at radius 2 is 2.15 bits per heavy atom. The Bertz CT molecular complexity index is 609. The molecule has 2 atom stereocenters. The molecule has 1 aliphatic rings. The lowest BCUT2D eigenvalue weighted by Gasteiger charge is -2.29. The fourth-order valence-corrected chi connectivity index (χ4v) is 2.77. The summed E-state index contributed by atoms with van der Waals surface area (Å²) in [6.07, 6.45) is 4.67. The van der Waals surface area contributed by atoms with Crippen LogP contribution in [0.4, 0.5) is 8.78 Å². The second-order valence-corrected chi connectivity index (χ2v) is 5.77. The predicted octanol–water partition coefficient (Wildman–Crippen LogP) is 4.02. The van der Waals surface area contributed by atoms with E-state index in [2.05, 4.69) is 21.0 Å². The molecule has 1 unspecified atom stereocenters. The molecule has 3 rings (SSSR count). The molecule has 1 saturated heterocycles. The van der Waals surface area contributed by atoms with Crippen LogP contribution >= 0.6 is 15.9 Å². The average molecular weight is 343 g/mol. The fourth-order valence-electron chi connectivity index (χ4n) is 2.47. The lowest BCUT2D eigenvalue weighted by molar-refractivity contribution is -0.0178. The SMILES string of the molecule is Fc1ccc(F)c([C@@H]2CCC(n3cc(Br)cn3)CO2)c1. The largest absolute Gasteiger partial charge is 0.371 e. The Morgan fingerprint density at radius 3 is 2.80 bits per heavy atom. The van der Waals surface area contributed by atoms with Crippen LogP contribution in [0.25, 0.3) is 0 Å². The zero-order valence-electron chi connectivity index (χ0n) is 10.6. The summed E-state index contributed by atoms with van der Waals surface area (Å²) in [5.74, 6) is -0.861. The first-order valence-electron chi connectivity index (χ1n) is 6.39. The van der Waals surface area contributed by atoms with E-state index in [9.17, 15) is 8.78 Å². The average Bonchev–Trinajstić information content (AvgIpc) is 2.88. The molecule has 0 aliphatic carbocycles. The van der Waals surface area contributed by atoms with Crippen molar-refractivity contribution in [3.63, 3.8) is 0 Å². The topological polar surface area (TPSA) is 27.1 Å². The quantitative estimate of drug-likeness (QED) is 0.824. The summed E-state index contributed by atoms with van der Waals surface area (Å²) < 4.78 is 35.4. The number of hydrogen-bond donors (Lipinski definition) is 0. The first-order valence-corrected chi connectivity index (χ1v) is 7.19. The van der Waals surface area contributed by atoms with Crippen molar-refractivity contribution in [2.45, 2.75) is 25.0 Å². The molecule has 0 N–H and O–H groups in total. The number of benzene rings is 1.